The van der Waals surface area contributed by atoms with Crippen LogP contribution in [0.4, 0.5) is 0 Å². The van der Waals surface area contributed by atoms with E-state index in [4.69, 9.17) is 28.3 Å². The number of carboxylic acid groups (broad SMARTS) is 1. The van der Waals surface area contributed by atoms with Crippen LogP contribution in [0.25, 0.3) is 0 Å². The van der Waals surface area contributed by atoms with Crippen molar-refractivity contribution in [1.82, 2.24) is 5.32 Å². The molecule has 4 nitrogen and oxygen atoms in total. The summed E-state index contributed by atoms with van der Waals surface area (Å²) in [5.41, 5.74) is 0.908. The molecular weight excluding hydrogens is 333 g/mol. The van der Waals surface area contributed by atoms with Crippen LogP contribution in [0.3, 0.4) is 0 Å². The number of amides is 1. The van der Waals surface area contributed by atoms with Crippen LogP contribution in [0, 0.1) is 5.92 Å². The Morgan fingerprint density at radius 2 is 2.00 bits per heavy atom. The molecule has 21 heavy (non-hydrogen) atoms. The van der Waals surface area contributed by atoms with Gasteiger partial charge in [0.2, 0.25) is 5.91 Å². The summed E-state index contributed by atoms with van der Waals surface area (Å²) in [6.07, 6.45) is 0. The second-order valence-corrected chi connectivity index (χ2v) is 6.54. The number of carbonyl (C=O) groups is 2. The first-order valence-electron chi connectivity index (χ1n) is 6.35. The summed E-state index contributed by atoms with van der Waals surface area (Å²) in [6.45, 7) is 3.24. The van der Waals surface area contributed by atoms with Crippen LogP contribution in [-0.4, -0.2) is 28.8 Å². The van der Waals surface area contributed by atoms with Crippen LogP contribution in [0.15, 0.2) is 18.2 Å². The highest BCUT2D eigenvalue weighted by Gasteiger charge is 2.20. The number of nitrogens with one attached hydrogen (secondary N) is 1. The molecule has 116 valence electrons. The number of hydrogen-bond acceptors (Lipinski definition) is 3. The van der Waals surface area contributed by atoms with Gasteiger partial charge < -0.3 is 10.4 Å². The Hall–Kier alpha value is -0.910. The zero-order chi connectivity index (χ0) is 16.0. The standard InChI is InChI=1S/C14H17Cl2NO3S/c1-8(14(19)20)9(2)17-13(18)7-21-6-10-3-4-11(15)5-12(10)16/h3-5,8-9H,6-7H2,1-2H3,(H,17,18)(H,19,20). The van der Waals surface area contributed by atoms with Crippen molar-refractivity contribution in [3.05, 3.63) is 33.8 Å². The second kappa shape index (κ2) is 8.51. The van der Waals surface area contributed by atoms with E-state index < -0.39 is 17.9 Å². The molecule has 1 amide bonds. The van der Waals surface area contributed by atoms with Gasteiger partial charge in [0.25, 0.3) is 0 Å². The van der Waals surface area contributed by atoms with Crippen LogP contribution in [0.2, 0.25) is 10.0 Å². The monoisotopic (exact) mass is 349 g/mol. The van der Waals surface area contributed by atoms with Gasteiger partial charge in [0.1, 0.15) is 0 Å². The lowest BCUT2D eigenvalue weighted by Gasteiger charge is -2.17. The molecule has 1 rings (SSSR count). The quantitative estimate of drug-likeness (QED) is 0.790. The Labute approximate surface area is 138 Å². The van der Waals surface area contributed by atoms with E-state index in [1.807, 2.05) is 6.07 Å². The average Bonchev–Trinajstić information content (AvgIpc) is 2.40. The lowest BCUT2D eigenvalue weighted by molar-refractivity contribution is -0.142. The fourth-order valence-electron chi connectivity index (χ4n) is 1.53. The summed E-state index contributed by atoms with van der Waals surface area (Å²) < 4.78 is 0. The first-order chi connectivity index (χ1) is 9.81. The van der Waals surface area contributed by atoms with E-state index >= 15 is 0 Å². The molecule has 0 saturated carbocycles. The maximum absolute atomic E-state index is 11.7. The number of carbonyl (C=O) groups excluding carboxylic acids is 1. The first-order valence-corrected chi connectivity index (χ1v) is 8.26. The van der Waals surface area contributed by atoms with E-state index in [0.29, 0.717) is 15.8 Å². The van der Waals surface area contributed by atoms with Gasteiger partial charge in [-0.15, -0.1) is 11.8 Å². The van der Waals surface area contributed by atoms with Crippen molar-refractivity contribution in [2.24, 2.45) is 5.92 Å². The molecule has 0 spiro atoms. The van der Waals surface area contributed by atoms with Crippen molar-refractivity contribution in [2.75, 3.05) is 5.75 Å². The third-order valence-corrected chi connectivity index (χ3v) is 4.60. The lowest BCUT2D eigenvalue weighted by atomic mass is 10.0. The molecule has 0 bridgehead atoms. The van der Waals surface area contributed by atoms with Gasteiger partial charge in [-0.1, -0.05) is 29.3 Å². The molecule has 0 saturated heterocycles. The van der Waals surface area contributed by atoms with Crippen molar-refractivity contribution >= 4 is 46.8 Å². The minimum atomic E-state index is -0.927. The maximum atomic E-state index is 11.7. The van der Waals surface area contributed by atoms with Crippen molar-refractivity contribution in [2.45, 2.75) is 25.6 Å². The molecule has 2 unspecified atom stereocenters. The molecule has 2 N–H and O–H groups in total. The summed E-state index contributed by atoms with van der Waals surface area (Å²) in [5.74, 6) is -0.902. The Balaban J connectivity index is 2.38. The number of hydrogen-bond donors (Lipinski definition) is 2. The number of thioether (sulfide) groups is 1. The molecule has 2 atom stereocenters. The van der Waals surface area contributed by atoms with E-state index in [1.54, 1.807) is 26.0 Å². The molecule has 0 aliphatic carbocycles. The van der Waals surface area contributed by atoms with Gasteiger partial charge in [0.05, 0.1) is 11.7 Å². The highest BCUT2D eigenvalue weighted by molar-refractivity contribution is 7.99. The van der Waals surface area contributed by atoms with Crippen LogP contribution in [-0.2, 0) is 15.3 Å². The normalized spacial score (nSPS) is 13.5. The molecule has 1 aromatic carbocycles. The molecule has 0 radical (unpaired) electrons. The number of halogens is 2. The fraction of sp³-hybridized carbons (Fsp3) is 0.429. The molecule has 0 fully saturated rings. The lowest BCUT2D eigenvalue weighted by Crippen LogP contribution is -2.40. The van der Waals surface area contributed by atoms with E-state index in [2.05, 4.69) is 5.32 Å². The van der Waals surface area contributed by atoms with Crippen molar-refractivity contribution in [3.63, 3.8) is 0 Å². The molecule has 1 aromatic rings. The summed E-state index contributed by atoms with van der Waals surface area (Å²) in [4.78, 5) is 22.5. The third kappa shape index (κ3) is 6.16. The fourth-order valence-corrected chi connectivity index (χ4v) is 2.92. The second-order valence-electron chi connectivity index (χ2n) is 4.71. The zero-order valence-electron chi connectivity index (χ0n) is 11.7. The van der Waals surface area contributed by atoms with Gasteiger partial charge >= 0.3 is 5.97 Å². The maximum Gasteiger partial charge on any atom is 0.308 e. The first kappa shape index (κ1) is 18.1. The molecule has 0 heterocycles. The molecule has 0 aromatic heterocycles. The number of rotatable bonds is 7. The number of aliphatic carboxylic acids is 1. The van der Waals surface area contributed by atoms with Crippen molar-refractivity contribution in [1.29, 1.82) is 0 Å². The predicted molar refractivity (Wildman–Crippen MR) is 87.0 cm³/mol. The SMILES string of the molecule is CC(NC(=O)CSCc1ccc(Cl)cc1Cl)C(C)C(=O)O. The van der Waals surface area contributed by atoms with Gasteiger partial charge in [-0.05, 0) is 31.5 Å². The van der Waals surface area contributed by atoms with Crippen LogP contribution >= 0.6 is 35.0 Å². The highest BCUT2D eigenvalue weighted by Crippen LogP contribution is 2.24. The predicted octanol–water partition coefficient (Wildman–Crippen LogP) is 3.45. The van der Waals surface area contributed by atoms with Crippen molar-refractivity contribution in [3.8, 4) is 0 Å². The summed E-state index contributed by atoms with van der Waals surface area (Å²) in [5, 5.41) is 12.7. The minimum Gasteiger partial charge on any atom is -0.481 e. The Morgan fingerprint density at radius 1 is 1.33 bits per heavy atom. The third-order valence-electron chi connectivity index (χ3n) is 3.03. The number of carboxylic acids is 1. The van der Waals surface area contributed by atoms with Crippen molar-refractivity contribution < 1.29 is 14.7 Å². The molecule has 0 aliphatic rings. The topological polar surface area (TPSA) is 66.4 Å². The Bertz CT molecular complexity index is 525. The van der Waals surface area contributed by atoms with E-state index in [9.17, 15) is 9.59 Å². The Kier molecular flexibility index (Phi) is 7.35. The molecule has 0 aliphatic heterocycles. The summed E-state index contributed by atoms with van der Waals surface area (Å²) >= 11 is 13.3. The smallest absolute Gasteiger partial charge is 0.308 e. The summed E-state index contributed by atoms with van der Waals surface area (Å²) in [6, 6.07) is 4.83. The van der Waals surface area contributed by atoms with Gasteiger partial charge in [-0.2, -0.15) is 0 Å². The van der Waals surface area contributed by atoms with E-state index in [0.717, 1.165) is 5.56 Å². The van der Waals surface area contributed by atoms with Gasteiger partial charge in [-0.3, -0.25) is 9.59 Å². The van der Waals surface area contributed by atoms with Crippen LogP contribution in [0.1, 0.15) is 19.4 Å². The van der Waals surface area contributed by atoms with Gasteiger partial charge in [0.15, 0.2) is 0 Å². The van der Waals surface area contributed by atoms with Crippen LogP contribution in [0.5, 0.6) is 0 Å². The van der Waals surface area contributed by atoms with Gasteiger partial charge in [0, 0.05) is 21.8 Å². The van der Waals surface area contributed by atoms with E-state index in [1.165, 1.54) is 11.8 Å². The largest absolute Gasteiger partial charge is 0.481 e. The molecular formula is C14H17Cl2NO3S. The molecule has 7 heteroatoms. The highest BCUT2D eigenvalue weighted by atomic mass is 35.5. The average molecular weight is 350 g/mol. The number of benzene rings is 1. The van der Waals surface area contributed by atoms with E-state index in [-0.39, 0.29) is 11.7 Å². The van der Waals surface area contributed by atoms with Gasteiger partial charge in [-0.25, -0.2) is 0 Å². The van der Waals surface area contributed by atoms with Crippen LogP contribution < -0.4 is 5.32 Å². The summed E-state index contributed by atoms with van der Waals surface area (Å²) in [7, 11) is 0. The zero-order valence-corrected chi connectivity index (χ0v) is 14.1. The Morgan fingerprint density at radius 3 is 2.57 bits per heavy atom. The minimum absolute atomic E-state index is 0.189.